The van der Waals surface area contributed by atoms with E-state index in [4.69, 9.17) is 4.42 Å². The van der Waals surface area contributed by atoms with Crippen molar-refractivity contribution in [2.24, 2.45) is 0 Å². The smallest absolute Gasteiger partial charge is 0.300 e. The van der Waals surface area contributed by atoms with E-state index in [0.29, 0.717) is 52.6 Å². The lowest BCUT2D eigenvalue weighted by molar-refractivity contribution is 0.0745. The molecular weight excluding hydrogens is 447 g/mol. The van der Waals surface area contributed by atoms with Gasteiger partial charge in [-0.05, 0) is 59.8 Å². The Morgan fingerprint density at radius 1 is 1.15 bits per heavy atom. The summed E-state index contributed by atoms with van der Waals surface area (Å²) < 4.78 is 6.46. The van der Waals surface area contributed by atoms with Crippen LogP contribution < -0.4 is 4.90 Å². The monoisotopic (exact) mass is 464 g/mol. The summed E-state index contributed by atoms with van der Waals surface area (Å²) in [5, 5.41) is 9.61. The van der Waals surface area contributed by atoms with Gasteiger partial charge in [0.15, 0.2) is 5.58 Å². The maximum Gasteiger partial charge on any atom is 0.300 e. The number of aryl methyl sites for hydroxylation is 1. The number of phenolic OH excluding ortho intramolecular Hbond substituents is 1. The zero-order valence-electron chi connectivity index (χ0n) is 14.1. The number of nitrogens with zero attached hydrogens (tertiary/aromatic N) is 4. The molecular formula is C18H17IN4O3. The SMILES string of the molecule is Cc1ccc2oc(N3CCN(C(=O)c4ccc(O)c(I)c4)CC3)nc2n1. The van der Waals surface area contributed by atoms with Gasteiger partial charge in [0.2, 0.25) is 5.65 Å². The number of oxazole rings is 1. The number of piperazine rings is 1. The second-order valence-corrected chi connectivity index (χ2v) is 7.38. The number of carbonyl (C=O) groups excluding carboxylic acids is 1. The van der Waals surface area contributed by atoms with Crippen molar-refractivity contribution in [2.45, 2.75) is 6.92 Å². The fraction of sp³-hybridized carbons (Fsp3) is 0.278. The number of amides is 1. The van der Waals surface area contributed by atoms with Crippen molar-refractivity contribution in [3.63, 3.8) is 0 Å². The maximum absolute atomic E-state index is 12.7. The first kappa shape index (κ1) is 17.1. The Kier molecular flexibility index (Phi) is 4.43. The van der Waals surface area contributed by atoms with Crippen molar-refractivity contribution in [3.8, 4) is 5.75 Å². The first-order chi connectivity index (χ1) is 12.5. The van der Waals surface area contributed by atoms with E-state index in [1.807, 2.05) is 51.4 Å². The average Bonchev–Trinajstić information content (AvgIpc) is 3.06. The van der Waals surface area contributed by atoms with E-state index in [1.54, 1.807) is 18.2 Å². The number of rotatable bonds is 2. The van der Waals surface area contributed by atoms with Gasteiger partial charge >= 0.3 is 0 Å². The Morgan fingerprint density at radius 2 is 1.92 bits per heavy atom. The van der Waals surface area contributed by atoms with Gasteiger partial charge in [-0.15, -0.1) is 0 Å². The molecule has 1 aliphatic heterocycles. The van der Waals surface area contributed by atoms with Crippen LogP contribution in [0.15, 0.2) is 34.7 Å². The molecule has 8 heteroatoms. The predicted molar refractivity (Wildman–Crippen MR) is 105 cm³/mol. The van der Waals surface area contributed by atoms with Crippen LogP contribution in [0.5, 0.6) is 5.75 Å². The van der Waals surface area contributed by atoms with Crippen molar-refractivity contribution in [2.75, 3.05) is 31.1 Å². The Hall–Kier alpha value is -2.36. The quantitative estimate of drug-likeness (QED) is 0.588. The van der Waals surface area contributed by atoms with Crippen LogP contribution in [-0.2, 0) is 0 Å². The van der Waals surface area contributed by atoms with Crippen LogP contribution in [0.4, 0.5) is 6.01 Å². The zero-order valence-corrected chi connectivity index (χ0v) is 16.3. The number of anilines is 1. The molecule has 3 aromatic rings. The number of halogens is 1. The Labute approximate surface area is 163 Å². The highest BCUT2D eigenvalue weighted by Crippen LogP contribution is 2.24. The van der Waals surface area contributed by atoms with E-state index >= 15 is 0 Å². The molecule has 0 bridgehead atoms. The molecule has 0 saturated carbocycles. The molecule has 1 aromatic carbocycles. The molecule has 26 heavy (non-hydrogen) atoms. The summed E-state index contributed by atoms with van der Waals surface area (Å²) in [7, 11) is 0. The molecule has 1 N–H and O–H groups in total. The van der Waals surface area contributed by atoms with Gasteiger partial charge in [0.25, 0.3) is 11.9 Å². The molecule has 1 saturated heterocycles. The highest BCUT2D eigenvalue weighted by Gasteiger charge is 2.25. The minimum absolute atomic E-state index is 0.0302. The van der Waals surface area contributed by atoms with Crippen molar-refractivity contribution in [3.05, 3.63) is 45.2 Å². The topological polar surface area (TPSA) is 82.7 Å². The summed E-state index contributed by atoms with van der Waals surface area (Å²) in [4.78, 5) is 25.3. The van der Waals surface area contributed by atoms with Crippen LogP contribution in [0.2, 0.25) is 0 Å². The minimum atomic E-state index is -0.0302. The number of carbonyl (C=O) groups is 1. The number of phenols is 1. The van der Waals surface area contributed by atoms with Crippen LogP contribution in [0.25, 0.3) is 11.2 Å². The maximum atomic E-state index is 12.7. The zero-order chi connectivity index (χ0) is 18.3. The first-order valence-corrected chi connectivity index (χ1v) is 9.36. The number of hydrogen-bond acceptors (Lipinski definition) is 6. The van der Waals surface area contributed by atoms with Gasteiger partial charge in [-0.25, -0.2) is 4.98 Å². The largest absolute Gasteiger partial charge is 0.507 e. The summed E-state index contributed by atoms with van der Waals surface area (Å²) in [6.07, 6.45) is 0. The van der Waals surface area contributed by atoms with Crippen LogP contribution in [-0.4, -0.2) is 52.1 Å². The number of benzene rings is 1. The van der Waals surface area contributed by atoms with Crippen molar-refractivity contribution >= 4 is 45.7 Å². The lowest BCUT2D eigenvalue weighted by Crippen LogP contribution is -2.48. The summed E-state index contributed by atoms with van der Waals surface area (Å²) in [6.45, 7) is 4.38. The van der Waals surface area contributed by atoms with Gasteiger partial charge < -0.3 is 19.3 Å². The molecule has 0 unspecified atom stereocenters. The number of pyridine rings is 1. The van der Waals surface area contributed by atoms with Crippen LogP contribution in [0.1, 0.15) is 16.1 Å². The third-order valence-electron chi connectivity index (χ3n) is 4.41. The van der Waals surface area contributed by atoms with Crippen LogP contribution >= 0.6 is 22.6 Å². The van der Waals surface area contributed by atoms with Gasteiger partial charge in [0.1, 0.15) is 5.75 Å². The Morgan fingerprint density at radius 3 is 2.65 bits per heavy atom. The van der Waals surface area contributed by atoms with Gasteiger partial charge in [-0.2, -0.15) is 4.98 Å². The van der Waals surface area contributed by atoms with Crippen molar-refractivity contribution in [1.82, 2.24) is 14.9 Å². The summed E-state index contributed by atoms with van der Waals surface area (Å²) in [6, 6.07) is 9.23. The average molecular weight is 464 g/mol. The van der Waals surface area contributed by atoms with Crippen molar-refractivity contribution in [1.29, 1.82) is 0 Å². The number of aromatic nitrogens is 2. The first-order valence-electron chi connectivity index (χ1n) is 8.28. The standard InChI is InChI=1S/C18H17IN4O3/c1-11-2-5-15-16(20-11)21-18(26-15)23-8-6-22(7-9-23)17(25)12-3-4-14(24)13(19)10-12/h2-5,10,24H,6-9H2,1H3. The van der Waals surface area contributed by atoms with E-state index in [0.717, 1.165) is 5.69 Å². The molecule has 1 fully saturated rings. The summed E-state index contributed by atoms with van der Waals surface area (Å²) in [5.74, 6) is 0.157. The molecule has 7 nitrogen and oxygen atoms in total. The molecule has 1 amide bonds. The van der Waals surface area contributed by atoms with Crippen LogP contribution in [0, 0.1) is 10.5 Å². The molecule has 134 valence electrons. The molecule has 0 spiro atoms. The molecule has 0 radical (unpaired) electrons. The Balaban J connectivity index is 1.46. The highest BCUT2D eigenvalue weighted by molar-refractivity contribution is 14.1. The third-order valence-corrected chi connectivity index (χ3v) is 5.28. The van der Waals surface area contributed by atoms with Gasteiger partial charge in [0.05, 0.1) is 3.57 Å². The van der Waals surface area contributed by atoms with E-state index in [-0.39, 0.29) is 11.7 Å². The Bertz CT molecular complexity index is 980. The van der Waals surface area contributed by atoms with Crippen molar-refractivity contribution < 1.29 is 14.3 Å². The molecule has 3 heterocycles. The normalized spacial score (nSPS) is 14.8. The van der Waals surface area contributed by atoms with E-state index in [2.05, 4.69) is 9.97 Å². The summed E-state index contributed by atoms with van der Waals surface area (Å²) in [5.41, 5.74) is 2.76. The molecule has 0 atom stereocenters. The van der Waals surface area contributed by atoms with E-state index < -0.39 is 0 Å². The molecule has 1 aliphatic rings. The number of aromatic hydroxyl groups is 1. The minimum Gasteiger partial charge on any atom is -0.507 e. The number of fused-ring (bicyclic) bond motifs is 1. The molecule has 2 aromatic heterocycles. The van der Waals surface area contributed by atoms with Gasteiger partial charge in [-0.3, -0.25) is 4.79 Å². The lowest BCUT2D eigenvalue weighted by atomic mass is 10.1. The molecule has 4 rings (SSSR count). The lowest BCUT2D eigenvalue weighted by Gasteiger charge is -2.33. The fourth-order valence-electron chi connectivity index (χ4n) is 2.96. The summed E-state index contributed by atoms with van der Waals surface area (Å²) >= 11 is 2.02. The van der Waals surface area contributed by atoms with Crippen LogP contribution in [0.3, 0.4) is 0 Å². The van der Waals surface area contributed by atoms with Gasteiger partial charge in [-0.1, -0.05) is 0 Å². The van der Waals surface area contributed by atoms with E-state index in [1.165, 1.54) is 0 Å². The molecule has 0 aliphatic carbocycles. The number of hydrogen-bond donors (Lipinski definition) is 1. The second kappa shape index (κ2) is 6.75. The predicted octanol–water partition coefficient (Wildman–Crippen LogP) is 2.80. The second-order valence-electron chi connectivity index (χ2n) is 6.22. The highest BCUT2D eigenvalue weighted by atomic mass is 127. The van der Waals surface area contributed by atoms with Gasteiger partial charge in [0, 0.05) is 37.4 Å². The van der Waals surface area contributed by atoms with E-state index in [9.17, 15) is 9.90 Å². The third kappa shape index (κ3) is 3.20. The fourth-order valence-corrected chi connectivity index (χ4v) is 3.48.